The van der Waals surface area contributed by atoms with Crippen molar-refractivity contribution in [1.82, 2.24) is 14.6 Å². The molecule has 1 aliphatic carbocycles. The highest BCUT2D eigenvalue weighted by atomic mass is 32.1. The highest BCUT2D eigenvalue weighted by Crippen LogP contribution is 2.48. The number of hydrogen-bond acceptors (Lipinski definition) is 10. The summed E-state index contributed by atoms with van der Waals surface area (Å²) in [5.74, 6) is -0.350. The number of rotatable bonds is 10. The van der Waals surface area contributed by atoms with Gasteiger partial charge >= 0.3 is 13.7 Å². The predicted octanol–water partition coefficient (Wildman–Crippen LogP) is 3.74. The van der Waals surface area contributed by atoms with Gasteiger partial charge in [-0.25, -0.2) is 4.57 Å². The summed E-state index contributed by atoms with van der Waals surface area (Å²) >= 11 is 5.20. The second-order valence-corrected chi connectivity index (χ2v) is 12.9. The smallest absolute Gasteiger partial charge is 0.459 e. The van der Waals surface area contributed by atoms with Crippen molar-refractivity contribution in [3.63, 3.8) is 0 Å². The SMILES string of the molecule is C[C@H](NP(=O)(OC[C@H]1O[C@@H](n2ccc(=O)[nH]c2=S)[C@](C)(O)C1O)Oc1cccc2ccccc12)C(=O)OC1CCCC1. The monoisotopic (exact) mass is 619 g/mol. The normalized spacial score (nSPS) is 26.6. The number of aliphatic hydroxyl groups excluding tert-OH is 1. The number of benzene rings is 2. The molecule has 6 atom stereocenters. The van der Waals surface area contributed by atoms with Crippen LogP contribution in [0.25, 0.3) is 10.8 Å². The lowest BCUT2D eigenvalue weighted by molar-refractivity contribution is -0.150. The molecule has 0 amide bonds. The number of carbonyl (C=O) groups is 1. The molecule has 2 unspecified atom stereocenters. The van der Waals surface area contributed by atoms with Crippen LogP contribution in [0.5, 0.6) is 5.75 Å². The number of nitrogens with zero attached hydrogens (tertiary/aromatic N) is 1. The Balaban J connectivity index is 1.38. The highest BCUT2D eigenvalue weighted by Gasteiger charge is 2.54. The molecule has 1 aliphatic heterocycles. The Morgan fingerprint density at radius 2 is 1.95 bits per heavy atom. The maximum atomic E-state index is 14.2. The molecule has 226 valence electrons. The van der Waals surface area contributed by atoms with Crippen LogP contribution in [0.15, 0.2) is 59.5 Å². The van der Waals surface area contributed by atoms with Crippen molar-refractivity contribution in [2.24, 2.45) is 0 Å². The van der Waals surface area contributed by atoms with Crippen LogP contribution in [0.3, 0.4) is 0 Å². The maximum Gasteiger partial charge on any atom is 0.459 e. The van der Waals surface area contributed by atoms with Crippen molar-refractivity contribution >= 4 is 36.7 Å². The van der Waals surface area contributed by atoms with Gasteiger partial charge in [0.15, 0.2) is 11.0 Å². The van der Waals surface area contributed by atoms with Gasteiger partial charge in [0.1, 0.15) is 35.7 Å². The van der Waals surface area contributed by atoms with Crippen LogP contribution in [0.1, 0.15) is 45.8 Å². The van der Waals surface area contributed by atoms with Crippen LogP contribution in [0.4, 0.5) is 0 Å². The summed E-state index contributed by atoms with van der Waals surface area (Å²) < 4.78 is 38.7. The minimum atomic E-state index is -4.33. The van der Waals surface area contributed by atoms with Crippen molar-refractivity contribution in [1.29, 1.82) is 0 Å². The molecule has 3 aromatic rings. The molecule has 2 aromatic carbocycles. The molecule has 0 bridgehead atoms. The van der Waals surface area contributed by atoms with Gasteiger partial charge in [0.25, 0.3) is 5.56 Å². The second kappa shape index (κ2) is 12.4. The molecule has 1 saturated heterocycles. The Morgan fingerprint density at radius 3 is 2.69 bits per heavy atom. The van der Waals surface area contributed by atoms with Crippen LogP contribution in [-0.4, -0.2) is 62.3 Å². The predicted molar refractivity (Wildman–Crippen MR) is 156 cm³/mol. The molecular weight excluding hydrogens is 585 g/mol. The molecule has 4 N–H and O–H groups in total. The number of aromatic nitrogens is 2. The number of carbonyl (C=O) groups excluding carboxylic acids is 1. The molecule has 5 rings (SSSR count). The van der Waals surface area contributed by atoms with E-state index in [-0.39, 0.29) is 16.6 Å². The quantitative estimate of drug-likeness (QED) is 0.149. The lowest BCUT2D eigenvalue weighted by atomic mass is 9.96. The van der Waals surface area contributed by atoms with Gasteiger partial charge in [0, 0.05) is 17.6 Å². The minimum absolute atomic E-state index is 0.0252. The summed E-state index contributed by atoms with van der Waals surface area (Å²) in [7, 11) is -4.33. The molecule has 1 saturated carbocycles. The molecule has 42 heavy (non-hydrogen) atoms. The topological polar surface area (TPSA) is 161 Å². The average molecular weight is 620 g/mol. The summed E-state index contributed by atoms with van der Waals surface area (Å²) in [6, 6.07) is 12.7. The lowest BCUT2D eigenvalue weighted by Crippen LogP contribution is -2.45. The number of aliphatic hydroxyl groups is 2. The number of nitrogens with one attached hydrogen (secondary N) is 2. The molecule has 1 aromatic heterocycles. The van der Waals surface area contributed by atoms with E-state index in [4.69, 9.17) is 30.7 Å². The zero-order valence-corrected chi connectivity index (χ0v) is 24.9. The van der Waals surface area contributed by atoms with Crippen LogP contribution in [-0.2, 0) is 23.4 Å². The fourth-order valence-corrected chi connectivity index (χ4v) is 7.00. The summed E-state index contributed by atoms with van der Waals surface area (Å²) in [5, 5.41) is 26.2. The van der Waals surface area contributed by atoms with Gasteiger partial charge in [-0.2, -0.15) is 5.09 Å². The molecule has 12 nitrogen and oxygen atoms in total. The van der Waals surface area contributed by atoms with Crippen molar-refractivity contribution < 1.29 is 38.1 Å². The molecule has 2 aliphatic rings. The molecule has 2 fully saturated rings. The standard InChI is InChI=1S/C28H34N3O9PS/c1-17(25(34)38-19-10-4-5-11-19)30-41(36,40-21-13-7-9-18-8-3-6-12-20(18)21)37-16-22-24(33)28(2,35)26(39-22)31-15-14-23(32)29-27(31)42/h3,6-9,12-15,17,19,22,24,26,33,35H,4-5,10-11,16H2,1-2H3,(H,30,36)(H,29,32,42)/t17-,22+,24?,26+,28+,41?/m0/s1. The molecule has 14 heteroatoms. The van der Waals surface area contributed by atoms with E-state index in [1.54, 1.807) is 18.2 Å². The fourth-order valence-electron chi connectivity index (χ4n) is 5.22. The number of H-pyrrole nitrogens is 1. The van der Waals surface area contributed by atoms with Crippen molar-refractivity contribution in [2.45, 2.75) is 75.7 Å². The van der Waals surface area contributed by atoms with Gasteiger partial charge in [-0.1, -0.05) is 36.4 Å². The van der Waals surface area contributed by atoms with E-state index in [0.29, 0.717) is 5.39 Å². The Bertz CT molecular complexity index is 1600. The number of ether oxygens (including phenoxy) is 2. The third-order valence-corrected chi connectivity index (χ3v) is 9.47. The van der Waals surface area contributed by atoms with E-state index >= 15 is 0 Å². The van der Waals surface area contributed by atoms with E-state index in [0.717, 1.165) is 31.1 Å². The Kier molecular flexibility index (Phi) is 9.00. The zero-order valence-electron chi connectivity index (χ0n) is 23.2. The van der Waals surface area contributed by atoms with E-state index < -0.39 is 56.0 Å². The van der Waals surface area contributed by atoms with Crippen LogP contribution < -0.4 is 15.2 Å². The van der Waals surface area contributed by atoms with Gasteiger partial charge < -0.3 is 24.2 Å². The molecule has 2 heterocycles. The third kappa shape index (κ3) is 6.52. The summed E-state index contributed by atoms with van der Waals surface area (Å²) in [6.45, 7) is 2.35. The van der Waals surface area contributed by atoms with Gasteiger partial charge in [-0.15, -0.1) is 0 Å². The van der Waals surface area contributed by atoms with Gasteiger partial charge in [-0.3, -0.25) is 23.7 Å². The third-order valence-electron chi connectivity index (χ3n) is 7.53. The Hall–Kier alpha value is -2.90. The Morgan fingerprint density at radius 1 is 1.24 bits per heavy atom. The summed E-state index contributed by atoms with van der Waals surface area (Å²) in [6.07, 6.45) is 0.753. The van der Waals surface area contributed by atoms with Crippen molar-refractivity contribution in [3.05, 3.63) is 69.9 Å². The van der Waals surface area contributed by atoms with E-state index in [1.807, 2.05) is 24.3 Å². The number of esters is 1. The van der Waals surface area contributed by atoms with Gasteiger partial charge in [-0.05, 0) is 63.2 Å². The molecule has 0 spiro atoms. The van der Waals surface area contributed by atoms with E-state index in [9.17, 15) is 24.4 Å². The fraction of sp³-hybridized carbons (Fsp3) is 0.464. The first-order valence-electron chi connectivity index (χ1n) is 13.7. The highest BCUT2D eigenvalue weighted by molar-refractivity contribution is 7.71. The first kappa shape index (κ1) is 30.6. The van der Waals surface area contributed by atoms with Crippen LogP contribution >= 0.6 is 20.0 Å². The number of fused-ring (bicyclic) bond motifs is 1. The summed E-state index contributed by atoms with van der Waals surface area (Å²) in [5.41, 5.74) is -2.30. The van der Waals surface area contributed by atoms with Crippen LogP contribution in [0, 0.1) is 4.77 Å². The van der Waals surface area contributed by atoms with E-state index in [1.165, 1.54) is 30.7 Å². The molecular formula is C28H34N3O9PS. The van der Waals surface area contributed by atoms with Gasteiger partial charge in [0.05, 0.1) is 6.61 Å². The second-order valence-electron chi connectivity index (χ2n) is 10.8. The number of hydrogen-bond donors (Lipinski definition) is 4. The van der Waals surface area contributed by atoms with Gasteiger partial charge in [0.2, 0.25) is 0 Å². The number of aromatic amines is 1. The minimum Gasteiger partial charge on any atom is -0.461 e. The maximum absolute atomic E-state index is 14.2. The van der Waals surface area contributed by atoms with Crippen LogP contribution in [0.2, 0.25) is 0 Å². The lowest BCUT2D eigenvalue weighted by Gasteiger charge is -2.28. The van der Waals surface area contributed by atoms with Crippen molar-refractivity contribution in [2.75, 3.05) is 6.61 Å². The van der Waals surface area contributed by atoms with E-state index in [2.05, 4.69) is 10.1 Å². The Labute approximate surface area is 247 Å². The first-order chi connectivity index (χ1) is 20.0. The summed E-state index contributed by atoms with van der Waals surface area (Å²) in [4.78, 5) is 26.9. The van der Waals surface area contributed by atoms with Crippen molar-refractivity contribution in [3.8, 4) is 5.75 Å². The first-order valence-corrected chi connectivity index (χ1v) is 15.7. The zero-order chi connectivity index (χ0) is 30.1. The average Bonchev–Trinajstić information content (AvgIpc) is 3.54. The largest absolute Gasteiger partial charge is 0.461 e. The molecule has 0 radical (unpaired) electrons.